The Morgan fingerprint density at radius 1 is 1.17 bits per heavy atom. The first-order valence-corrected chi connectivity index (χ1v) is 11.3. The zero-order valence-corrected chi connectivity index (χ0v) is 19.0. The number of piperidine rings is 1. The number of esters is 1. The van der Waals surface area contributed by atoms with Crippen LogP contribution in [0.5, 0.6) is 5.75 Å². The van der Waals surface area contributed by atoms with Crippen LogP contribution in [0, 0.1) is 6.92 Å². The maximum Gasteiger partial charge on any atom is 0.340 e. The number of hydrogen-bond donors (Lipinski definition) is 1. The summed E-state index contributed by atoms with van der Waals surface area (Å²) in [5.41, 5.74) is 3.98. The highest BCUT2D eigenvalue weighted by Gasteiger charge is 2.28. The van der Waals surface area contributed by atoms with Gasteiger partial charge in [0, 0.05) is 28.9 Å². The lowest BCUT2D eigenvalue weighted by atomic mass is 10.0. The van der Waals surface area contributed by atoms with E-state index in [9.17, 15) is 9.90 Å². The van der Waals surface area contributed by atoms with E-state index in [4.69, 9.17) is 4.74 Å². The van der Waals surface area contributed by atoms with Gasteiger partial charge in [0.15, 0.2) is 0 Å². The summed E-state index contributed by atoms with van der Waals surface area (Å²) in [6.45, 7) is 6.66. The zero-order valence-electron chi connectivity index (χ0n) is 17.4. The van der Waals surface area contributed by atoms with Crippen LogP contribution in [0.1, 0.15) is 47.8 Å². The zero-order chi connectivity index (χ0) is 21.3. The predicted octanol–water partition coefficient (Wildman–Crippen LogP) is 5.57. The highest BCUT2D eigenvalue weighted by molar-refractivity contribution is 9.10. The number of aromatic hydroxyl groups is 1. The molecule has 1 saturated heterocycles. The minimum atomic E-state index is -0.351. The van der Waals surface area contributed by atoms with Gasteiger partial charge < -0.3 is 14.4 Å². The van der Waals surface area contributed by atoms with Crippen LogP contribution in [-0.4, -0.2) is 40.2 Å². The van der Waals surface area contributed by atoms with Crippen molar-refractivity contribution in [3.8, 4) is 11.4 Å². The summed E-state index contributed by atoms with van der Waals surface area (Å²) in [6.07, 6.45) is 3.56. The Balaban J connectivity index is 2.00. The average molecular weight is 471 g/mol. The van der Waals surface area contributed by atoms with Crippen molar-refractivity contribution in [1.82, 2.24) is 9.47 Å². The fourth-order valence-corrected chi connectivity index (χ4v) is 4.92. The van der Waals surface area contributed by atoms with Gasteiger partial charge in [-0.2, -0.15) is 0 Å². The highest BCUT2D eigenvalue weighted by atomic mass is 79.9. The molecule has 1 fully saturated rings. The van der Waals surface area contributed by atoms with Gasteiger partial charge in [-0.25, -0.2) is 4.79 Å². The van der Waals surface area contributed by atoms with Gasteiger partial charge in [0.2, 0.25) is 0 Å². The number of hydrogen-bond acceptors (Lipinski definition) is 4. The molecule has 0 bridgehead atoms. The molecular formula is C24H27BrN2O3. The normalized spacial score (nSPS) is 14.9. The molecule has 0 radical (unpaired) electrons. The van der Waals surface area contributed by atoms with Crippen LogP contribution in [0.4, 0.5) is 0 Å². The van der Waals surface area contributed by atoms with E-state index in [1.165, 1.54) is 6.42 Å². The number of rotatable bonds is 5. The monoisotopic (exact) mass is 470 g/mol. The standard InChI is InChI=1S/C24H27BrN2O3/c1-3-30-24(29)21-16(2)27(17-10-6-4-7-11-17)20-14-19(25)23(28)18(22(20)21)15-26-12-8-5-9-13-26/h4,6-7,10-11,14,28H,3,5,8-9,12-13,15H2,1-2H3. The summed E-state index contributed by atoms with van der Waals surface area (Å²) in [5, 5.41) is 11.8. The second-order valence-electron chi connectivity index (χ2n) is 7.77. The van der Waals surface area contributed by atoms with Crippen molar-refractivity contribution in [2.24, 2.45) is 0 Å². The molecular weight excluding hydrogens is 444 g/mol. The van der Waals surface area contributed by atoms with Gasteiger partial charge in [-0.3, -0.25) is 4.90 Å². The largest absolute Gasteiger partial charge is 0.506 e. The minimum absolute atomic E-state index is 0.198. The molecule has 1 aliphatic rings. The molecule has 3 aromatic rings. The molecule has 30 heavy (non-hydrogen) atoms. The molecule has 0 spiro atoms. The van der Waals surface area contributed by atoms with Crippen LogP contribution in [0.25, 0.3) is 16.6 Å². The topological polar surface area (TPSA) is 54.7 Å². The summed E-state index contributed by atoms with van der Waals surface area (Å²) in [5.74, 6) is -0.153. The summed E-state index contributed by atoms with van der Waals surface area (Å²) < 4.78 is 8.13. The van der Waals surface area contributed by atoms with Crippen molar-refractivity contribution in [2.75, 3.05) is 19.7 Å². The van der Waals surface area contributed by atoms with Gasteiger partial charge in [0.05, 0.1) is 22.2 Å². The third kappa shape index (κ3) is 3.74. The van der Waals surface area contributed by atoms with Crippen LogP contribution in [0.2, 0.25) is 0 Å². The lowest BCUT2D eigenvalue weighted by molar-refractivity contribution is 0.0527. The maximum atomic E-state index is 13.0. The number of aromatic nitrogens is 1. The SMILES string of the molecule is CCOC(=O)c1c(C)n(-c2ccccc2)c2cc(Br)c(O)c(CN3CCCCC3)c12. The number of fused-ring (bicyclic) bond motifs is 1. The summed E-state index contributed by atoms with van der Waals surface area (Å²) in [4.78, 5) is 15.4. The first kappa shape index (κ1) is 20.9. The fourth-order valence-electron chi connectivity index (χ4n) is 4.46. The van der Waals surface area contributed by atoms with Crippen LogP contribution in [0.15, 0.2) is 40.9 Å². The molecule has 1 N–H and O–H groups in total. The Kier molecular flexibility index (Phi) is 6.16. The second-order valence-corrected chi connectivity index (χ2v) is 8.62. The Morgan fingerprint density at radius 3 is 2.53 bits per heavy atom. The van der Waals surface area contributed by atoms with Crippen LogP contribution < -0.4 is 0 Å². The van der Waals surface area contributed by atoms with Crippen molar-refractivity contribution in [3.05, 3.63) is 57.7 Å². The van der Waals surface area contributed by atoms with E-state index >= 15 is 0 Å². The molecule has 5 nitrogen and oxygen atoms in total. The average Bonchev–Trinajstić information content (AvgIpc) is 3.04. The number of ether oxygens (including phenoxy) is 1. The van der Waals surface area contributed by atoms with Crippen molar-refractivity contribution < 1.29 is 14.6 Å². The number of carbonyl (C=O) groups excluding carboxylic acids is 1. The third-order valence-corrected chi connectivity index (χ3v) is 6.45. The number of para-hydroxylation sites is 1. The number of halogens is 1. The number of carbonyl (C=O) groups is 1. The van der Waals surface area contributed by atoms with Crippen molar-refractivity contribution in [3.63, 3.8) is 0 Å². The van der Waals surface area contributed by atoms with Gasteiger partial charge >= 0.3 is 5.97 Å². The lowest BCUT2D eigenvalue weighted by Crippen LogP contribution is -2.29. The first-order valence-electron chi connectivity index (χ1n) is 10.5. The quantitative estimate of drug-likeness (QED) is 0.495. The maximum absolute atomic E-state index is 13.0. The molecule has 2 aromatic carbocycles. The second kappa shape index (κ2) is 8.82. The summed E-state index contributed by atoms with van der Waals surface area (Å²) >= 11 is 3.54. The van der Waals surface area contributed by atoms with Crippen molar-refractivity contribution >= 4 is 32.8 Å². The number of phenolic OH excluding ortho intramolecular Hbond substituents is 1. The molecule has 4 rings (SSSR count). The highest BCUT2D eigenvalue weighted by Crippen LogP contribution is 2.41. The van der Waals surface area contributed by atoms with Crippen molar-refractivity contribution in [1.29, 1.82) is 0 Å². The molecule has 1 aliphatic heterocycles. The summed E-state index contributed by atoms with van der Waals surface area (Å²) in [7, 11) is 0. The smallest absolute Gasteiger partial charge is 0.340 e. The van der Waals surface area contributed by atoms with Gasteiger partial charge in [0.25, 0.3) is 0 Å². The number of likely N-dealkylation sites (tertiary alicyclic amines) is 1. The Morgan fingerprint density at radius 2 is 1.87 bits per heavy atom. The third-order valence-electron chi connectivity index (χ3n) is 5.85. The molecule has 6 heteroatoms. The Bertz CT molecular complexity index is 1070. The van der Waals surface area contributed by atoms with E-state index in [2.05, 4.69) is 25.4 Å². The first-order chi connectivity index (χ1) is 14.5. The van der Waals surface area contributed by atoms with E-state index in [-0.39, 0.29) is 11.7 Å². The molecule has 1 aromatic heterocycles. The van der Waals surface area contributed by atoms with E-state index in [1.807, 2.05) is 50.2 Å². The Hall–Kier alpha value is -2.31. The lowest BCUT2D eigenvalue weighted by Gasteiger charge is -2.27. The Labute approximate surface area is 185 Å². The summed E-state index contributed by atoms with van der Waals surface area (Å²) in [6, 6.07) is 11.9. The molecule has 0 aliphatic carbocycles. The van der Waals surface area contributed by atoms with Crippen LogP contribution >= 0.6 is 15.9 Å². The fraction of sp³-hybridized carbons (Fsp3) is 0.375. The van der Waals surface area contributed by atoms with Crippen LogP contribution in [0.3, 0.4) is 0 Å². The van der Waals surface area contributed by atoms with E-state index in [0.717, 1.165) is 53.8 Å². The van der Waals surface area contributed by atoms with E-state index < -0.39 is 0 Å². The molecule has 0 amide bonds. The van der Waals surface area contributed by atoms with Crippen LogP contribution in [-0.2, 0) is 11.3 Å². The van der Waals surface area contributed by atoms with Crippen molar-refractivity contribution in [2.45, 2.75) is 39.7 Å². The predicted molar refractivity (Wildman–Crippen MR) is 122 cm³/mol. The number of phenols is 1. The number of nitrogens with zero attached hydrogens (tertiary/aromatic N) is 2. The number of benzene rings is 2. The molecule has 2 heterocycles. The van der Waals surface area contributed by atoms with Gasteiger partial charge in [-0.15, -0.1) is 0 Å². The van der Waals surface area contributed by atoms with E-state index in [1.54, 1.807) is 0 Å². The van der Waals surface area contributed by atoms with Gasteiger partial charge in [-0.05, 0) is 73.9 Å². The molecule has 158 valence electrons. The molecule has 0 unspecified atom stereocenters. The van der Waals surface area contributed by atoms with Gasteiger partial charge in [-0.1, -0.05) is 24.6 Å². The van der Waals surface area contributed by atoms with Gasteiger partial charge in [0.1, 0.15) is 5.75 Å². The van der Waals surface area contributed by atoms with E-state index in [0.29, 0.717) is 23.2 Å². The minimum Gasteiger partial charge on any atom is -0.506 e. The molecule has 0 saturated carbocycles. The molecule has 0 atom stereocenters.